The maximum Gasteiger partial charge on any atom is 0.165 e. The van der Waals surface area contributed by atoms with Crippen molar-refractivity contribution >= 4 is 115 Å². The van der Waals surface area contributed by atoms with Crippen molar-refractivity contribution in [3.05, 3.63) is 164 Å². The number of nitrogens with zero attached hydrogens (tertiary/aromatic N) is 5. The number of hydrogen-bond donors (Lipinski definition) is 0. The molecule has 0 amide bonds. The molecule has 0 bridgehead atoms. The van der Waals surface area contributed by atoms with Crippen molar-refractivity contribution in [2.75, 3.05) is 4.90 Å². The van der Waals surface area contributed by atoms with Gasteiger partial charge in [0, 0.05) is 43.7 Å². The Morgan fingerprint density at radius 1 is 0.377 bits per heavy atom. The third-order valence-corrected chi connectivity index (χ3v) is 11.5. The molecule has 53 heavy (non-hydrogen) atoms. The lowest BCUT2D eigenvalue weighted by atomic mass is 10.0. The zero-order chi connectivity index (χ0) is 34.4. The van der Waals surface area contributed by atoms with Crippen LogP contribution in [0.15, 0.2) is 164 Å². The molecule has 5 aromatic heterocycles. The number of fused-ring (bicyclic) bond motifs is 16. The van der Waals surface area contributed by atoms with Crippen LogP contribution in [0, 0.1) is 0 Å². The number of aromatic nitrogens is 4. The summed E-state index contributed by atoms with van der Waals surface area (Å²) in [5, 5.41) is 12.1. The van der Waals surface area contributed by atoms with Gasteiger partial charge in [0.1, 0.15) is 11.0 Å². The summed E-state index contributed by atoms with van der Waals surface area (Å²) in [6.45, 7) is 0. The molecule has 0 spiro atoms. The van der Waals surface area contributed by atoms with Crippen LogP contribution in [0.25, 0.3) is 98.3 Å². The molecule has 244 valence electrons. The van der Waals surface area contributed by atoms with E-state index in [1.54, 1.807) is 0 Å². The molecule has 5 heterocycles. The van der Waals surface area contributed by atoms with Crippen LogP contribution in [-0.4, -0.2) is 18.8 Å². The summed E-state index contributed by atoms with van der Waals surface area (Å²) in [4.78, 5) is 13.8. The van der Waals surface area contributed by atoms with Gasteiger partial charge >= 0.3 is 0 Å². The Kier molecular flexibility index (Phi) is 5.06. The van der Waals surface area contributed by atoms with E-state index in [-0.39, 0.29) is 0 Å². The van der Waals surface area contributed by atoms with E-state index in [1.807, 2.05) is 0 Å². The lowest BCUT2D eigenvalue weighted by Gasteiger charge is -2.26. The first-order chi connectivity index (χ1) is 26.3. The molecular formula is C48H27N5. The van der Waals surface area contributed by atoms with Crippen molar-refractivity contribution in [2.24, 2.45) is 0 Å². The second-order valence-corrected chi connectivity index (χ2v) is 14.2. The highest BCUT2D eigenvalue weighted by atomic mass is 15.2. The molecule has 13 aromatic rings. The third-order valence-electron chi connectivity index (χ3n) is 11.5. The minimum absolute atomic E-state index is 0.876. The summed E-state index contributed by atoms with van der Waals surface area (Å²) in [5.74, 6) is 0. The average molecular weight is 674 g/mol. The summed E-state index contributed by atoms with van der Waals surface area (Å²) in [6, 6.07) is 58.9. The topological polar surface area (TPSA) is 37.8 Å². The van der Waals surface area contributed by atoms with E-state index in [9.17, 15) is 0 Å². The van der Waals surface area contributed by atoms with E-state index < -0.39 is 0 Å². The number of anilines is 3. The van der Waals surface area contributed by atoms with E-state index in [0.717, 1.165) is 66.7 Å². The maximum absolute atomic E-state index is 5.70. The second-order valence-electron chi connectivity index (χ2n) is 14.2. The highest BCUT2D eigenvalue weighted by Crippen LogP contribution is 2.48. The fourth-order valence-electron chi connectivity index (χ4n) is 9.41. The number of hydrogen-bond acceptors (Lipinski definition) is 3. The molecule has 0 aliphatic carbocycles. The van der Waals surface area contributed by atoms with Gasteiger partial charge in [-0.3, -0.25) is 8.80 Å². The van der Waals surface area contributed by atoms with Crippen molar-refractivity contribution < 1.29 is 0 Å². The minimum Gasteiger partial charge on any atom is -0.308 e. The van der Waals surface area contributed by atoms with Crippen LogP contribution in [0.4, 0.5) is 17.1 Å². The predicted octanol–water partition coefficient (Wildman–Crippen LogP) is 12.6. The van der Waals surface area contributed by atoms with E-state index in [0.29, 0.717) is 0 Å². The molecule has 0 unspecified atom stereocenters. The summed E-state index contributed by atoms with van der Waals surface area (Å²) < 4.78 is 4.77. The Balaban J connectivity index is 1.25. The summed E-state index contributed by atoms with van der Waals surface area (Å²) in [6.07, 6.45) is 0. The van der Waals surface area contributed by atoms with Crippen LogP contribution >= 0.6 is 0 Å². The van der Waals surface area contributed by atoms with Gasteiger partial charge in [0.2, 0.25) is 0 Å². The van der Waals surface area contributed by atoms with Crippen molar-refractivity contribution in [3.63, 3.8) is 0 Å². The largest absolute Gasteiger partial charge is 0.308 e. The van der Waals surface area contributed by atoms with Crippen molar-refractivity contribution in [3.8, 4) is 0 Å². The molecule has 13 rings (SSSR count). The van der Waals surface area contributed by atoms with Gasteiger partial charge < -0.3 is 4.90 Å². The first-order valence-electron chi connectivity index (χ1n) is 18.1. The fraction of sp³-hybridized carbons (Fsp3) is 0. The van der Waals surface area contributed by atoms with Crippen LogP contribution in [0.3, 0.4) is 0 Å². The van der Waals surface area contributed by atoms with Gasteiger partial charge in [0.15, 0.2) is 11.3 Å². The van der Waals surface area contributed by atoms with Gasteiger partial charge in [-0.1, -0.05) is 121 Å². The van der Waals surface area contributed by atoms with Gasteiger partial charge in [-0.15, -0.1) is 0 Å². The first kappa shape index (κ1) is 27.5. The van der Waals surface area contributed by atoms with E-state index in [2.05, 4.69) is 177 Å². The lowest BCUT2D eigenvalue weighted by Crippen LogP contribution is -2.10. The molecule has 0 aliphatic rings. The minimum atomic E-state index is 0.876. The second kappa shape index (κ2) is 9.75. The average Bonchev–Trinajstić information content (AvgIpc) is 3.94. The highest BCUT2D eigenvalue weighted by molar-refractivity contribution is 6.33. The first-order valence-corrected chi connectivity index (χ1v) is 18.1. The molecular weight excluding hydrogens is 647 g/mol. The highest BCUT2D eigenvalue weighted by Gasteiger charge is 2.28. The Hall–Kier alpha value is -7.24. The predicted molar refractivity (Wildman–Crippen MR) is 221 cm³/mol. The Labute approximate surface area is 301 Å². The van der Waals surface area contributed by atoms with Crippen LogP contribution in [0.1, 0.15) is 0 Å². The molecule has 5 heteroatoms. The molecule has 0 aliphatic heterocycles. The van der Waals surface area contributed by atoms with Gasteiger partial charge in [-0.05, 0) is 64.0 Å². The number of benzene rings is 8. The maximum atomic E-state index is 5.70. The summed E-state index contributed by atoms with van der Waals surface area (Å²) >= 11 is 0. The van der Waals surface area contributed by atoms with Gasteiger partial charge in [-0.25, -0.2) is 9.97 Å². The molecule has 0 saturated carbocycles. The molecule has 8 aromatic carbocycles. The van der Waals surface area contributed by atoms with Gasteiger partial charge in [0.25, 0.3) is 0 Å². The zero-order valence-corrected chi connectivity index (χ0v) is 28.3. The normalized spacial score (nSPS) is 12.5. The van der Waals surface area contributed by atoms with E-state index >= 15 is 0 Å². The summed E-state index contributed by atoms with van der Waals surface area (Å²) in [7, 11) is 0. The Bertz CT molecular complexity index is 3580. The Morgan fingerprint density at radius 2 is 0.981 bits per heavy atom. The quantitative estimate of drug-likeness (QED) is 0.187. The monoisotopic (exact) mass is 673 g/mol. The molecule has 0 fully saturated rings. The van der Waals surface area contributed by atoms with Crippen molar-refractivity contribution in [1.29, 1.82) is 0 Å². The van der Waals surface area contributed by atoms with Crippen LogP contribution in [-0.2, 0) is 0 Å². The third kappa shape index (κ3) is 3.37. The van der Waals surface area contributed by atoms with Crippen LogP contribution < -0.4 is 4.90 Å². The molecule has 0 saturated heterocycles. The molecule has 5 nitrogen and oxygen atoms in total. The summed E-state index contributed by atoms with van der Waals surface area (Å²) in [5.41, 5.74) is 11.5. The van der Waals surface area contributed by atoms with Crippen molar-refractivity contribution in [2.45, 2.75) is 0 Å². The smallest absolute Gasteiger partial charge is 0.165 e. The van der Waals surface area contributed by atoms with Crippen LogP contribution in [0.5, 0.6) is 0 Å². The van der Waals surface area contributed by atoms with Gasteiger partial charge in [-0.2, -0.15) is 0 Å². The number of para-hydroxylation sites is 4. The van der Waals surface area contributed by atoms with Gasteiger partial charge in [0.05, 0.1) is 27.8 Å². The van der Waals surface area contributed by atoms with Crippen molar-refractivity contribution in [1.82, 2.24) is 18.8 Å². The number of rotatable bonds is 3. The molecule has 0 atom stereocenters. The SMILES string of the molecule is c1ccc(N(c2ccccc2)c2cccc3c4cc5ccccc5c5c6nc7c(nc6n(c23)c45)c2cccc3c4c5ccccc5ccc4n7c23)cc1. The molecule has 0 N–H and O–H groups in total. The standard InChI is InChI=1S/C48H27N5/c1-3-15-30(16-4-1)51(31-17-5-2-6-18-31)39-24-12-21-34-37-27-29-14-8-10-20-33(29)41-43-48(53(45(34)39)46(37)41)49-42-36-23-11-22-35-40-32-19-9-7-13-28(32)25-26-38(40)52(44(35)36)47(42)50-43/h1-27H. The fourth-order valence-corrected chi connectivity index (χ4v) is 9.41. The Morgan fingerprint density at radius 3 is 1.77 bits per heavy atom. The zero-order valence-electron chi connectivity index (χ0n) is 28.3. The van der Waals surface area contributed by atoms with Crippen LogP contribution in [0.2, 0.25) is 0 Å². The molecule has 0 radical (unpaired) electrons. The lowest BCUT2D eigenvalue weighted by molar-refractivity contribution is 1.23. The van der Waals surface area contributed by atoms with E-state index in [1.165, 1.54) is 48.6 Å². The van der Waals surface area contributed by atoms with E-state index in [4.69, 9.17) is 9.97 Å².